The molecule has 126 valence electrons. The first-order valence-corrected chi connectivity index (χ1v) is 7.00. The van der Waals surface area contributed by atoms with Crippen molar-refractivity contribution in [2.45, 2.75) is 19.5 Å². The first-order chi connectivity index (χ1) is 9.59. The molecule has 22 heavy (non-hydrogen) atoms. The first-order valence-electron chi connectivity index (χ1n) is 7.00. The number of carbonyl (C=O) groups is 1. The van der Waals surface area contributed by atoms with Crippen molar-refractivity contribution >= 4 is 36.4 Å². The van der Waals surface area contributed by atoms with Gasteiger partial charge in [-0.1, -0.05) is 18.2 Å². The Labute approximate surface area is 144 Å². The Morgan fingerprint density at radius 2 is 1.91 bits per heavy atom. The van der Waals surface area contributed by atoms with Crippen molar-refractivity contribution in [1.29, 1.82) is 0 Å². The van der Waals surface area contributed by atoms with Gasteiger partial charge in [0.1, 0.15) is 0 Å². The standard InChI is InChI=1S/C15H23N3O2.2ClH/c1-12(16)15(19)17(2)11-13-5-3-4-6-14(13)18-7-9-20-10-8-18;;/h3-6,12H,7-11,16H2,1-2H3;2*1H/t12-;;/m1../s1. The number of amides is 1. The van der Waals surface area contributed by atoms with Gasteiger partial charge in [0.25, 0.3) is 0 Å². The summed E-state index contributed by atoms with van der Waals surface area (Å²) in [4.78, 5) is 15.9. The lowest BCUT2D eigenvalue weighted by Crippen LogP contribution is -2.40. The van der Waals surface area contributed by atoms with Crippen LogP contribution in [0.2, 0.25) is 0 Å². The monoisotopic (exact) mass is 349 g/mol. The summed E-state index contributed by atoms with van der Waals surface area (Å²) in [7, 11) is 1.79. The van der Waals surface area contributed by atoms with Crippen molar-refractivity contribution in [2.75, 3.05) is 38.3 Å². The van der Waals surface area contributed by atoms with E-state index in [1.807, 2.05) is 12.1 Å². The topological polar surface area (TPSA) is 58.8 Å². The number of ether oxygens (including phenoxy) is 1. The fraction of sp³-hybridized carbons (Fsp3) is 0.533. The number of anilines is 1. The van der Waals surface area contributed by atoms with Gasteiger partial charge in [0.15, 0.2) is 0 Å². The van der Waals surface area contributed by atoms with Crippen LogP contribution < -0.4 is 10.6 Å². The number of hydrogen-bond donors (Lipinski definition) is 1. The lowest BCUT2D eigenvalue weighted by molar-refractivity contribution is -0.131. The predicted molar refractivity (Wildman–Crippen MR) is 94.1 cm³/mol. The number of carbonyl (C=O) groups excluding carboxylic acids is 1. The molecule has 1 atom stereocenters. The molecule has 5 nitrogen and oxygen atoms in total. The third-order valence-corrected chi connectivity index (χ3v) is 3.52. The summed E-state index contributed by atoms with van der Waals surface area (Å²) in [5, 5.41) is 0. The first kappa shape index (κ1) is 21.0. The van der Waals surface area contributed by atoms with Gasteiger partial charge in [-0.05, 0) is 18.6 Å². The van der Waals surface area contributed by atoms with Gasteiger partial charge < -0.3 is 20.3 Å². The summed E-state index contributed by atoms with van der Waals surface area (Å²) < 4.78 is 5.39. The van der Waals surface area contributed by atoms with Gasteiger partial charge in [-0.3, -0.25) is 4.79 Å². The van der Waals surface area contributed by atoms with E-state index in [4.69, 9.17) is 10.5 Å². The van der Waals surface area contributed by atoms with Crippen molar-refractivity contribution in [3.05, 3.63) is 29.8 Å². The minimum absolute atomic E-state index is 0. The van der Waals surface area contributed by atoms with Gasteiger partial charge in [0, 0.05) is 32.4 Å². The summed E-state index contributed by atoms with van der Waals surface area (Å²) in [6.07, 6.45) is 0. The van der Waals surface area contributed by atoms with E-state index in [1.54, 1.807) is 18.9 Å². The van der Waals surface area contributed by atoms with Crippen molar-refractivity contribution < 1.29 is 9.53 Å². The van der Waals surface area contributed by atoms with Crippen molar-refractivity contribution in [2.24, 2.45) is 5.73 Å². The van der Waals surface area contributed by atoms with Gasteiger partial charge in [-0.15, -0.1) is 24.8 Å². The number of rotatable bonds is 4. The summed E-state index contributed by atoms with van der Waals surface area (Å²) in [6, 6.07) is 7.74. The fourth-order valence-corrected chi connectivity index (χ4v) is 2.44. The molecule has 0 radical (unpaired) electrons. The minimum Gasteiger partial charge on any atom is -0.378 e. The highest BCUT2D eigenvalue weighted by Gasteiger charge is 2.18. The fourth-order valence-electron chi connectivity index (χ4n) is 2.44. The minimum atomic E-state index is -0.462. The molecule has 0 aliphatic carbocycles. The highest BCUT2D eigenvalue weighted by Crippen LogP contribution is 2.22. The zero-order chi connectivity index (χ0) is 14.5. The molecule has 1 aliphatic heterocycles. The van der Waals surface area contributed by atoms with Crippen molar-refractivity contribution in [1.82, 2.24) is 4.90 Å². The maximum absolute atomic E-state index is 11.9. The van der Waals surface area contributed by atoms with Crippen molar-refractivity contribution in [3.8, 4) is 0 Å². The van der Waals surface area contributed by atoms with Gasteiger partial charge in [-0.2, -0.15) is 0 Å². The maximum atomic E-state index is 11.9. The zero-order valence-electron chi connectivity index (χ0n) is 13.0. The molecule has 1 fully saturated rings. The van der Waals surface area contributed by atoms with E-state index in [9.17, 15) is 4.79 Å². The molecule has 1 saturated heterocycles. The van der Waals surface area contributed by atoms with Crippen LogP contribution >= 0.6 is 24.8 Å². The number of hydrogen-bond acceptors (Lipinski definition) is 4. The SMILES string of the molecule is C[C@@H](N)C(=O)N(C)Cc1ccccc1N1CCOCC1.Cl.Cl. The number of likely N-dealkylation sites (N-methyl/N-ethyl adjacent to an activating group) is 1. The Hall–Kier alpha value is -1.01. The van der Waals surface area contributed by atoms with E-state index in [1.165, 1.54) is 5.69 Å². The smallest absolute Gasteiger partial charge is 0.239 e. The van der Waals surface area contributed by atoms with Gasteiger partial charge >= 0.3 is 0 Å². The molecular weight excluding hydrogens is 325 g/mol. The molecule has 0 spiro atoms. The summed E-state index contributed by atoms with van der Waals surface area (Å²) in [6.45, 7) is 5.58. The Balaban J connectivity index is 0.00000220. The molecule has 0 unspecified atom stereocenters. The second kappa shape index (κ2) is 9.90. The summed E-state index contributed by atoms with van der Waals surface area (Å²) >= 11 is 0. The van der Waals surface area contributed by atoms with E-state index in [2.05, 4.69) is 17.0 Å². The van der Waals surface area contributed by atoms with Crippen molar-refractivity contribution in [3.63, 3.8) is 0 Å². The normalized spacial score (nSPS) is 15.3. The number of nitrogens with zero attached hydrogens (tertiary/aromatic N) is 2. The van der Waals surface area contributed by atoms with Gasteiger partial charge in [0.05, 0.1) is 19.3 Å². The zero-order valence-corrected chi connectivity index (χ0v) is 14.7. The Morgan fingerprint density at radius 3 is 2.50 bits per heavy atom. The van der Waals surface area contributed by atoms with E-state index < -0.39 is 6.04 Å². The molecule has 1 heterocycles. The Bertz CT molecular complexity index is 466. The molecule has 1 aromatic carbocycles. The average molecular weight is 350 g/mol. The van der Waals surface area contributed by atoms with Crippen LogP contribution in [-0.4, -0.2) is 50.2 Å². The van der Waals surface area contributed by atoms with Crippen LogP contribution in [0.15, 0.2) is 24.3 Å². The van der Waals surface area contributed by atoms with E-state index >= 15 is 0 Å². The van der Waals surface area contributed by atoms with Crippen LogP contribution in [0.25, 0.3) is 0 Å². The van der Waals surface area contributed by atoms with Gasteiger partial charge in [-0.25, -0.2) is 0 Å². The van der Waals surface area contributed by atoms with E-state index in [0.717, 1.165) is 31.9 Å². The maximum Gasteiger partial charge on any atom is 0.239 e. The van der Waals surface area contributed by atoms with Crippen LogP contribution in [-0.2, 0) is 16.1 Å². The molecule has 0 aromatic heterocycles. The molecular formula is C15H25Cl2N3O2. The molecule has 1 aliphatic rings. The lowest BCUT2D eigenvalue weighted by atomic mass is 10.1. The third-order valence-electron chi connectivity index (χ3n) is 3.52. The van der Waals surface area contributed by atoms with Crippen LogP contribution in [0.3, 0.4) is 0 Å². The van der Waals surface area contributed by atoms with Crippen LogP contribution in [0.1, 0.15) is 12.5 Å². The van der Waals surface area contributed by atoms with Crippen LogP contribution in [0.5, 0.6) is 0 Å². The Morgan fingerprint density at radius 1 is 1.32 bits per heavy atom. The quantitative estimate of drug-likeness (QED) is 0.898. The van der Waals surface area contributed by atoms with Gasteiger partial charge in [0.2, 0.25) is 5.91 Å². The number of nitrogens with two attached hydrogens (primary N) is 1. The molecule has 1 aromatic rings. The molecule has 7 heteroatoms. The Kier molecular flexibility index (Phi) is 9.44. The van der Waals surface area contributed by atoms with Crippen LogP contribution in [0, 0.1) is 0 Å². The largest absolute Gasteiger partial charge is 0.378 e. The molecule has 2 rings (SSSR count). The van der Waals surface area contributed by atoms with Crippen LogP contribution in [0.4, 0.5) is 5.69 Å². The molecule has 0 saturated carbocycles. The summed E-state index contributed by atoms with van der Waals surface area (Å²) in [5.74, 6) is -0.0400. The molecule has 1 amide bonds. The summed E-state index contributed by atoms with van der Waals surface area (Å²) in [5.41, 5.74) is 7.98. The number of para-hydroxylation sites is 1. The third kappa shape index (κ3) is 5.32. The average Bonchev–Trinajstić information content (AvgIpc) is 2.47. The lowest BCUT2D eigenvalue weighted by Gasteiger charge is -2.31. The second-order valence-electron chi connectivity index (χ2n) is 5.21. The molecule has 2 N–H and O–H groups in total. The second-order valence-corrected chi connectivity index (χ2v) is 5.21. The van der Waals surface area contributed by atoms with E-state index in [0.29, 0.717) is 6.54 Å². The predicted octanol–water partition coefficient (Wildman–Crippen LogP) is 1.67. The highest BCUT2D eigenvalue weighted by atomic mass is 35.5. The number of morpholine rings is 1. The molecule has 0 bridgehead atoms. The highest BCUT2D eigenvalue weighted by molar-refractivity contribution is 5.85. The number of halogens is 2. The number of benzene rings is 1. The van der Waals surface area contributed by atoms with E-state index in [-0.39, 0.29) is 30.7 Å².